The first kappa shape index (κ1) is 16.1. The van der Waals surface area contributed by atoms with Gasteiger partial charge in [-0.05, 0) is 43.7 Å². The zero-order chi connectivity index (χ0) is 15.3. The van der Waals surface area contributed by atoms with Crippen LogP contribution in [0.3, 0.4) is 0 Å². The minimum absolute atomic E-state index is 0.101. The van der Waals surface area contributed by atoms with Gasteiger partial charge in [0, 0.05) is 6.54 Å². The van der Waals surface area contributed by atoms with E-state index in [0.29, 0.717) is 16.7 Å². The molecule has 2 rings (SSSR count). The van der Waals surface area contributed by atoms with Crippen molar-refractivity contribution < 1.29 is 14.6 Å². The number of hydrogen-bond donors (Lipinski definition) is 2. The fraction of sp³-hybridized carbons (Fsp3) is 0.562. The van der Waals surface area contributed by atoms with Crippen molar-refractivity contribution in [1.82, 2.24) is 5.32 Å². The number of rotatable bonds is 5. The van der Waals surface area contributed by atoms with Crippen molar-refractivity contribution in [3.8, 4) is 5.75 Å². The molecule has 4 nitrogen and oxygen atoms in total. The number of carbonyl (C=O) groups is 1. The average Bonchev–Trinajstić information content (AvgIpc) is 2.48. The van der Waals surface area contributed by atoms with Crippen LogP contribution in [0.4, 0.5) is 0 Å². The summed E-state index contributed by atoms with van der Waals surface area (Å²) in [5, 5.41) is 13.6. The number of halogens is 1. The Labute approximate surface area is 130 Å². The van der Waals surface area contributed by atoms with Crippen molar-refractivity contribution in [3.63, 3.8) is 0 Å². The Kier molecular flexibility index (Phi) is 5.48. The van der Waals surface area contributed by atoms with Gasteiger partial charge in [-0.25, -0.2) is 0 Å². The summed E-state index contributed by atoms with van der Waals surface area (Å²) in [5.41, 5.74) is -0.771. The van der Waals surface area contributed by atoms with Gasteiger partial charge in [0.05, 0.1) is 10.6 Å². The molecular formula is C16H22ClNO3. The molecule has 0 unspecified atom stereocenters. The highest BCUT2D eigenvalue weighted by Gasteiger charge is 2.31. The predicted molar refractivity (Wildman–Crippen MR) is 82.5 cm³/mol. The first-order valence-corrected chi connectivity index (χ1v) is 7.73. The summed E-state index contributed by atoms with van der Waals surface area (Å²) in [6.07, 6.45) is 3.48. The van der Waals surface area contributed by atoms with Crippen LogP contribution in [-0.4, -0.2) is 29.8 Å². The number of hydrogen-bond acceptors (Lipinski definition) is 3. The molecule has 0 bridgehead atoms. The van der Waals surface area contributed by atoms with Crippen LogP contribution >= 0.6 is 11.6 Å². The van der Waals surface area contributed by atoms with Gasteiger partial charge < -0.3 is 15.2 Å². The highest BCUT2D eigenvalue weighted by Crippen LogP contribution is 2.31. The second-order valence-electron chi connectivity index (χ2n) is 5.90. The Morgan fingerprint density at radius 1 is 1.43 bits per heavy atom. The summed E-state index contributed by atoms with van der Waals surface area (Å²) < 4.78 is 5.36. The van der Waals surface area contributed by atoms with Crippen LogP contribution in [0.2, 0.25) is 5.02 Å². The summed E-state index contributed by atoms with van der Waals surface area (Å²) in [6.45, 7) is 2.37. The summed E-state index contributed by atoms with van der Waals surface area (Å²) in [4.78, 5) is 11.8. The third-order valence-electron chi connectivity index (χ3n) is 4.02. The van der Waals surface area contributed by atoms with E-state index >= 15 is 0 Å². The molecule has 116 valence electrons. The van der Waals surface area contributed by atoms with E-state index < -0.39 is 5.60 Å². The molecule has 0 spiro atoms. The lowest BCUT2D eigenvalue weighted by molar-refractivity contribution is -0.124. The molecule has 1 aliphatic carbocycles. The van der Waals surface area contributed by atoms with Gasteiger partial charge in [0.15, 0.2) is 6.61 Å². The standard InChI is InChI=1S/C16H22ClNO3/c1-12-6-8-16(20,9-7-12)11-18-15(19)10-21-14-5-3-2-4-13(14)17/h2-5,12,20H,6-11H2,1H3,(H,18,19). The maximum absolute atomic E-state index is 11.8. The molecule has 1 amide bonds. The van der Waals surface area contributed by atoms with Crippen LogP contribution in [0.5, 0.6) is 5.75 Å². The van der Waals surface area contributed by atoms with E-state index in [1.807, 2.05) is 0 Å². The van der Waals surface area contributed by atoms with Gasteiger partial charge >= 0.3 is 0 Å². The third kappa shape index (κ3) is 4.90. The Morgan fingerprint density at radius 2 is 2.10 bits per heavy atom. The molecule has 1 aromatic rings. The van der Waals surface area contributed by atoms with Crippen LogP contribution in [0.15, 0.2) is 24.3 Å². The zero-order valence-corrected chi connectivity index (χ0v) is 13.0. The highest BCUT2D eigenvalue weighted by atomic mass is 35.5. The van der Waals surface area contributed by atoms with Crippen molar-refractivity contribution in [3.05, 3.63) is 29.3 Å². The van der Waals surface area contributed by atoms with Crippen molar-refractivity contribution in [2.75, 3.05) is 13.2 Å². The maximum Gasteiger partial charge on any atom is 0.258 e. The number of benzene rings is 1. The molecule has 0 aliphatic heterocycles. The van der Waals surface area contributed by atoms with E-state index in [0.717, 1.165) is 25.7 Å². The first-order chi connectivity index (χ1) is 9.98. The highest BCUT2D eigenvalue weighted by molar-refractivity contribution is 6.32. The van der Waals surface area contributed by atoms with E-state index in [2.05, 4.69) is 12.2 Å². The largest absolute Gasteiger partial charge is 0.482 e. The Morgan fingerprint density at radius 3 is 2.76 bits per heavy atom. The predicted octanol–water partition coefficient (Wildman–Crippen LogP) is 2.78. The Hall–Kier alpha value is -1.26. The molecule has 0 radical (unpaired) electrons. The minimum atomic E-state index is -0.771. The van der Waals surface area contributed by atoms with Gasteiger partial charge in [0.1, 0.15) is 5.75 Å². The zero-order valence-electron chi connectivity index (χ0n) is 12.3. The fourth-order valence-electron chi connectivity index (χ4n) is 2.50. The van der Waals surface area contributed by atoms with E-state index in [9.17, 15) is 9.90 Å². The Bertz CT molecular complexity index is 484. The number of carbonyl (C=O) groups excluding carboxylic acids is 1. The SMILES string of the molecule is CC1CCC(O)(CNC(=O)COc2ccccc2Cl)CC1. The van der Waals surface area contributed by atoms with Gasteiger partial charge in [-0.1, -0.05) is 30.7 Å². The molecule has 21 heavy (non-hydrogen) atoms. The second kappa shape index (κ2) is 7.14. The van der Waals surface area contributed by atoms with Crippen molar-refractivity contribution in [2.24, 2.45) is 5.92 Å². The topological polar surface area (TPSA) is 58.6 Å². The molecule has 5 heteroatoms. The molecule has 1 aliphatic rings. The molecule has 1 aromatic carbocycles. The van der Waals surface area contributed by atoms with E-state index in [4.69, 9.17) is 16.3 Å². The normalized spacial score (nSPS) is 25.4. The van der Waals surface area contributed by atoms with Gasteiger partial charge in [-0.3, -0.25) is 4.79 Å². The third-order valence-corrected chi connectivity index (χ3v) is 4.33. The van der Waals surface area contributed by atoms with E-state index in [1.54, 1.807) is 24.3 Å². The summed E-state index contributed by atoms with van der Waals surface area (Å²) in [7, 11) is 0. The lowest BCUT2D eigenvalue weighted by atomic mass is 9.79. The molecule has 0 aromatic heterocycles. The number of para-hydroxylation sites is 1. The van der Waals surface area contributed by atoms with Gasteiger partial charge in [-0.2, -0.15) is 0 Å². The fourth-order valence-corrected chi connectivity index (χ4v) is 2.69. The average molecular weight is 312 g/mol. The van der Waals surface area contributed by atoms with Crippen molar-refractivity contribution in [2.45, 2.75) is 38.2 Å². The van der Waals surface area contributed by atoms with Crippen LogP contribution in [0, 0.1) is 5.92 Å². The monoisotopic (exact) mass is 311 g/mol. The molecule has 0 heterocycles. The van der Waals surface area contributed by atoms with Crippen LogP contribution < -0.4 is 10.1 Å². The van der Waals surface area contributed by atoms with Gasteiger partial charge in [-0.15, -0.1) is 0 Å². The van der Waals surface area contributed by atoms with Crippen LogP contribution in [-0.2, 0) is 4.79 Å². The van der Waals surface area contributed by atoms with Gasteiger partial charge in [0.2, 0.25) is 0 Å². The summed E-state index contributed by atoms with van der Waals surface area (Å²) in [5.74, 6) is 0.894. The molecule has 1 fully saturated rings. The second-order valence-corrected chi connectivity index (χ2v) is 6.31. The van der Waals surface area contributed by atoms with Crippen LogP contribution in [0.1, 0.15) is 32.6 Å². The van der Waals surface area contributed by atoms with Crippen molar-refractivity contribution in [1.29, 1.82) is 0 Å². The molecule has 1 saturated carbocycles. The smallest absolute Gasteiger partial charge is 0.258 e. The molecule has 0 atom stereocenters. The van der Waals surface area contributed by atoms with Gasteiger partial charge in [0.25, 0.3) is 5.91 Å². The minimum Gasteiger partial charge on any atom is -0.482 e. The van der Waals surface area contributed by atoms with Crippen molar-refractivity contribution >= 4 is 17.5 Å². The quantitative estimate of drug-likeness (QED) is 0.879. The number of aliphatic hydroxyl groups is 1. The summed E-state index contributed by atoms with van der Waals surface area (Å²) >= 11 is 5.95. The Balaban J connectivity index is 1.74. The lowest BCUT2D eigenvalue weighted by Crippen LogP contribution is -2.46. The number of amides is 1. The molecular weight excluding hydrogens is 290 g/mol. The number of ether oxygens (including phenoxy) is 1. The number of nitrogens with one attached hydrogen (secondary N) is 1. The van der Waals surface area contributed by atoms with E-state index in [1.165, 1.54) is 0 Å². The maximum atomic E-state index is 11.8. The lowest BCUT2D eigenvalue weighted by Gasteiger charge is -2.34. The molecule has 0 saturated heterocycles. The summed E-state index contributed by atoms with van der Waals surface area (Å²) in [6, 6.07) is 7.02. The first-order valence-electron chi connectivity index (χ1n) is 7.35. The van der Waals surface area contributed by atoms with Crippen LogP contribution in [0.25, 0.3) is 0 Å². The molecule has 2 N–H and O–H groups in total. The van der Waals surface area contributed by atoms with E-state index in [-0.39, 0.29) is 19.1 Å².